The van der Waals surface area contributed by atoms with E-state index < -0.39 is 0 Å². The minimum atomic E-state index is 0.601. The summed E-state index contributed by atoms with van der Waals surface area (Å²) >= 11 is 12.1. The van der Waals surface area contributed by atoms with Gasteiger partial charge in [-0.25, -0.2) is 4.98 Å². The predicted molar refractivity (Wildman–Crippen MR) is 87.2 cm³/mol. The molecule has 0 saturated heterocycles. The van der Waals surface area contributed by atoms with Crippen LogP contribution >= 0.6 is 23.2 Å². The van der Waals surface area contributed by atoms with Gasteiger partial charge in [0.1, 0.15) is 5.52 Å². The summed E-state index contributed by atoms with van der Waals surface area (Å²) in [5.41, 5.74) is 3.58. The molecule has 3 rings (SSSR count). The maximum atomic E-state index is 6.15. The topological polar surface area (TPSA) is 38.1 Å². The number of rotatable bonds is 4. The van der Waals surface area contributed by atoms with Crippen LogP contribution in [0.5, 0.6) is 0 Å². The molecule has 3 nitrogen and oxygen atoms in total. The van der Waals surface area contributed by atoms with Crippen LogP contribution < -0.4 is 5.32 Å². The molecule has 1 heterocycles. The zero-order valence-electron chi connectivity index (χ0n) is 11.5. The number of anilines is 1. The molecule has 21 heavy (non-hydrogen) atoms. The molecule has 0 aliphatic heterocycles. The van der Waals surface area contributed by atoms with Crippen LogP contribution in [-0.4, -0.2) is 4.98 Å². The lowest BCUT2D eigenvalue weighted by Crippen LogP contribution is -1.99. The van der Waals surface area contributed by atoms with E-state index in [1.165, 1.54) is 0 Å². The van der Waals surface area contributed by atoms with Gasteiger partial charge < -0.3 is 9.73 Å². The molecule has 2 aromatic carbocycles. The molecule has 0 atom stereocenters. The van der Waals surface area contributed by atoms with Gasteiger partial charge in [0, 0.05) is 28.7 Å². The molecular formula is C16H14Cl2N2O. The number of oxazole rings is 1. The average Bonchev–Trinajstić information content (AvgIpc) is 2.90. The van der Waals surface area contributed by atoms with Crippen LogP contribution in [0.2, 0.25) is 10.0 Å². The zero-order chi connectivity index (χ0) is 14.8. The first-order chi connectivity index (χ1) is 10.2. The summed E-state index contributed by atoms with van der Waals surface area (Å²) in [6.07, 6.45) is 0.787. The zero-order valence-corrected chi connectivity index (χ0v) is 13.0. The highest BCUT2D eigenvalue weighted by Crippen LogP contribution is 2.24. The molecule has 0 fully saturated rings. The summed E-state index contributed by atoms with van der Waals surface area (Å²) < 4.78 is 5.59. The molecule has 0 saturated carbocycles. The Balaban J connectivity index is 1.80. The van der Waals surface area contributed by atoms with Gasteiger partial charge in [0.25, 0.3) is 0 Å². The van der Waals surface area contributed by atoms with Gasteiger partial charge in [-0.1, -0.05) is 30.1 Å². The number of aromatic nitrogens is 1. The third-order valence-corrected chi connectivity index (χ3v) is 3.83. The highest BCUT2D eigenvalue weighted by Gasteiger charge is 2.06. The Hall–Kier alpha value is -1.71. The largest absolute Gasteiger partial charge is 0.441 e. The molecule has 1 N–H and O–H groups in total. The predicted octanol–water partition coefficient (Wildman–Crippen LogP) is 5.31. The summed E-state index contributed by atoms with van der Waals surface area (Å²) in [6, 6.07) is 11.3. The number of fused-ring (bicyclic) bond motifs is 1. The number of nitrogens with zero attached hydrogens (tertiary/aromatic N) is 1. The van der Waals surface area contributed by atoms with Crippen LogP contribution in [0.3, 0.4) is 0 Å². The second kappa shape index (κ2) is 5.96. The SMILES string of the molecule is CCc1nc2cc(NCc3cc(Cl)ccc3Cl)ccc2o1. The molecule has 1 aromatic heterocycles. The first-order valence-corrected chi connectivity index (χ1v) is 7.48. The lowest BCUT2D eigenvalue weighted by Gasteiger charge is -2.08. The minimum absolute atomic E-state index is 0.601. The van der Waals surface area contributed by atoms with Gasteiger partial charge >= 0.3 is 0 Å². The highest BCUT2D eigenvalue weighted by molar-refractivity contribution is 6.33. The second-order valence-electron chi connectivity index (χ2n) is 4.73. The fourth-order valence-corrected chi connectivity index (χ4v) is 2.49. The Bertz CT molecular complexity index is 783. The standard InChI is InChI=1S/C16H14Cl2N2O/c1-2-16-20-14-8-12(4-6-15(14)21-16)19-9-10-7-11(17)3-5-13(10)18/h3-8,19H,2,9H2,1H3. The Labute approximate surface area is 132 Å². The van der Waals surface area contributed by atoms with Crippen LogP contribution in [-0.2, 0) is 13.0 Å². The van der Waals surface area contributed by atoms with Crippen molar-refractivity contribution < 1.29 is 4.42 Å². The first-order valence-electron chi connectivity index (χ1n) is 6.73. The van der Waals surface area contributed by atoms with Gasteiger partial charge in [-0.05, 0) is 42.0 Å². The fourth-order valence-electron chi connectivity index (χ4n) is 2.11. The molecule has 0 aliphatic carbocycles. The Morgan fingerprint density at radius 2 is 2.00 bits per heavy atom. The number of benzene rings is 2. The Morgan fingerprint density at radius 1 is 1.14 bits per heavy atom. The van der Waals surface area contributed by atoms with E-state index in [1.54, 1.807) is 12.1 Å². The van der Waals surface area contributed by atoms with Crippen molar-refractivity contribution in [2.75, 3.05) is 5.32 Å². The van der Waals surface area contributed by atoms with Crippen molar-refractivity contribution in [1.29, 1.82) is 0 Å². The van der Waals surface area contributed by atoms with Crippen LogP contribution in [0.4, 0.5) is 5.69 Å². The van der Waals surface area contributed by atoms with E-state index in [1.807, 2.05) is 31.2 Å². The summed E-state index contributed by atoms with van der Waals surface area (Å²) in [5.74, 6) is 0.750. The van der Waals surface area contributed by atoms with Crippen LogP contribution in [0.15, 0.2) is 40.8 Å². The van der Waals surface area contributed by atoms with Crippen molar-refractivity contribution >= 4 is 40.0 Å². The van der Waals surface area contributed by atoms with Gasteiger partial charge in [0.2, 0.25) is 0 Å². The second-order valence-corrected chi connectivity index (χ2v) is 5.58. The highest BCUT2D eigenvalue weighted by atomic mass is 35.5. The smallest absolute Gasteiger partial charge is 0.195 e. The third-order valence-electron chi connectivity index (χ3n) is 3.23. The van der Waals surface area contributed by atoms with Crippen molar-refractivity contribution in [3.63, 3.8) is 0 Å². The molecule has 0 aliphatic rings. The van der Waals surface area contributed by atoms with E-state index >= 15 is 0 Å². The number of hydrogen-bond donors (Lipinski definition) is 1. The lowest BCUT2D eigenvalue weighted by atomic mass is 10.2. The molecule has 0 amide bonds. The van der Waals surface area contributed by atoms with Crippen molar-refractivity contribution in [1.82, 2.24) is 4.98 Å². The van der Waals surface area contributed by atoms with E-state index in [-0.39, 0.29) is 0 Å². The maximum absolute atomic E-state index is 6.15. The molecule has 0 bridgehead atoms. The van der Waals surface area contributed by atoms with Crippen LogP contribution in [0, 0.1) is 0 Å². The Morgan fingerprint density at radius 3 is 2.81 bits per heavy atom. The van der Waals surface area contributed by atoms with Crippen molar-refractivity contribution in [2.24, 2.45) is 0 Å². The van der Waals surface area contributed by atoms with Crippen molar-refractivity contribution in [2.45, 2.75) is 19.9 Å². The van der Waals surface area contributed by atoms with Crippen LogP contribution in [0.25, 0.3) is 11.1 Å². The molecular weight excluding hydrogens is 307 g/mol. The summed E-state index contributed by atoms with van der Waals surface area (Å²) in [6.45, 7) is 2.62. The Kier molecular flexibility index (Phi) is 4.04. The van der Waals surface area contributed by atoms with Crippen LogP contribution in [0.1, 0.15) is 18.4 Å². The summed E-state index contributed by atoms with van der Waals surface area (Å²) in [7, 11) is 0. The third kappa shape index (κ3) is 3.14. The van der Waals surface area contributed by atoms with Gasteiger partial charge in [0.05, 0.1) is 0 Å². The van der Waals surface area contributed by atoms with E-state index in [4.69, 9.17) is 27.6 Å². The van der Waals surface area contributed by atoms with Crippen molar-refractivity contribution in [3.05, 3.63) is 57.9 Å². The number of aryl methyl sites for hydroxylation is 1. The number of nitrogens with one attached hydrogen (secondary N) is 1. The average molecular weight is 321 g/mol. The van der Waals surface area contributed by atoms with Crippen molar-refractivity contribution in [3.8, 4) is 0 Å². The fraction of sp³-hybridized carbons (Fsp3) is 0.188. The first kappa shape index (κ1) is 14.2. The normalized spacial score (nSPS) is 11.0. The molecule has 108 valence electrons. The van der Waals surface area contributed by atoms with Gasteiger partial charge in [-0.15, -0.1) is 0 Å². The van der Waals surface area contributed by atoms with E-state index in [9.17, 15) is 0 Å². The number of hydrogen-bond acceptors (Lipinski definition) is 3. The molecule has 3 aromatic rings. The van der Waals surface area contributed by atoms with Gasteiger partial charge in [0.15, 0.2) is 11.5 Å². The monoisotopic (exact) mass is 320 g/mol. The number of halogens is 2. The quantitative estimate of drug-likeness (QED) is 0.708. The maximum Gasteiger partial charge on any atom is 0.195 e. The summed E-state index contributed by atoms with van der Waals surface area (Å²) in [4.78, 5) is 4.42. The lowest BCUT2D eigenvalue weighted by molar-refractivity contribution is 0.538. The van der Waals surface area contributed by atoms with E-state index in [0.29, 0.717) is 16.6 Å². The van der Waals surface area contributed by atoms with E-state index in [2.05, 4.69) is 10.3 Å². The molecule has 0 unspecified atom stereocenters. The molecule has 5 heteroatoms. The van der Waals surface area contributed by atoms with E-state index in [0.717, 1.165) is 34.7 Å². The van der Waals surface area contributed by atoms with Gasteiger partial charge in [-0.2, -0.15) is 0 Å². The molecule has 0 spiro atoms. The molecule has 0 radical (unpaired) electrons. The minimum Gasteiger partial charge on any atom is -0.441 e. The van der Waals surface area contributed by atoms with Gasteiger partial charge in [-0.3, -0.25) is 0 Å². The summed E-state index contributed by atoms with van der Waals surface area (Å²) in [5, 5.41) is 4.70.